The van der Waals surface area contributed by atoms with Crippen LogP contribution in [0, 0.1) is 5.82 Å². The SMILES string of the molecule is CN(C)C(=O)c1c2cccnc2cc2c(O)n(Cc3ccc(F)cc3)cc12. The Morgan fingerprint density at radius 3 is 2.59 bits per heavy atom. The Morgan fingerprint density at radius 2 is 1.89 bits per heavy atom. The number of aromatic nitrogens is 2. The first-order valence-electron chi connectivity index (χ1n) is 8.51. The lowest BCUT2D eigenvalue weighted by Gasteiger charge is -2.13. The van der Waals surface area contributed by atoms with E-state index in [-0.39, 0.29) is 17.6 Å². The lowest BCUT2D eigenvalue weighted by Crippen LogP contribution is -2.22. The molecule has 0 fully saturated rings. The predicted molar refractivity (Wildman–Crippen MR) is 102 cm³/mol. The summed E-state index contributed by atoms with van der Waals surface area (Å²) in [6, 6.07) is 11.5. The van der Waals surface area contributed by atoms with Gasteiger partial charge < -0.3 is 14.6 Å². The number of rotatable bonds is 3. The molecule has 0 unspecified atom stereocenters. The highest BCUT2D eigenvalue weighted by Crippen LogP contribution is 2.35. The zero-order valence-corrected chi connectivity index (χ0v) is 15.0. The van der Waals surface area contributed by atoms with Crippen molar-refractivity contribution >= 4 is 27.6 Å². The molecule has 0 atom stereocenters. The van der Waals surface area contributed by atoms with Gasteiger partial charge >= 0.3 is 0 Å². The topological polar surface area (TPSA) is 58.4 Å². The van der Waals surface area contributed by atoms with Gasteiger partial charge in [-0.05, 0) is 29.8 Å². The van der Waals surface area contributed by atoms with Gasteiger partial charge in [0.25, 0.3) is 5.91 Å². The standard InChI is InChI=1S/C21H18FN3O2/c1-24(2)21(27)19-15-4-3-9-23-18(15)10-16-17(19)12-25(20(16)26)11-13-5-7-14(22)8-6-13/h3-10,12,26H,11H2,1-2H3. The van der Waals surface area contributed by atoms with Crippen LogP contribution in [0.1, 0.15) is 15.9 Å². The molecule has 2 aromatic heterocycles. The highest BCUT2D eigenvalue weighted by molar-refractivity contribution is 6.18. The fourth-order valence-corrected chi connectivity index (χ4v) is 3.29. The van der Waals surface area contributed by atoms with Gasteiger partial charge in [-0.1, -0.05) is 18.2 Å². The molecule has 0 aliphatic rings. The molecule has 0 aliphatic heterocycles. The van der Waals surface area contributed by atoms with E-state index in [1.54, 1.807) is 55.3 Å². The van der Waals surface area contributed by atoms with Gasteiger partial charge in [-0.2, -0.15) is 0 Å². The van der Waals surface area contributed by atoms with Crippen LogP contribution in [0.15, 0.2) is 54.9 Å². The van der Waals surface area contributed by atoms with Crippen molar-refractivity contribution in [2.45, 2.75) is 6.54 Å². The Balaban J connectivity index is 1.95. The minimum Gasteiger partial charge on any atom is -0.494 e. The van der Waals surface area contributed by atoms with Gasteiger partial charge in [0.1, 0.15) is 5.82 Å². The van der Waals surface area contributed by atoms with Crippen LogP contribution in [-0.4, -0.2) is 39.6 Å². The number of amides is 1. The van der Waals surface area contributed by atoms with Crippen molar-refractivity contribution in [3.05, 3.63) is 71.8 Å². The molecule has 0 saturated carbocycles. The van der Waals surface area contributed by atoms with Crippen LogP contribution in [0.5, 0.6) is 5.88 Å². The molecule has 0 radical (unpaired) electrons. The highest BCUT2D eigenvalue weighted by Gasteiger charge is 2.21. The van der Waals surface area contributed by atoms with Crippen molar-refractivity contribution in [1.29, 1.82) is 0 Å². The maximum absolute atomic E-state index is 13.1. The second-order valence-electron chi connectivity index (χ2n) is 6.69. The van der Waals surface area contributed by atoms with Gasteiger partial charge in [-0.3, -0.25) is 9.78 Å². The molecule has 4 rings (SSSR count). The van der Waals surface area contributed by atoms with Crippen LogP contribution < -0.4 is 0 Å². The van der Waals surface area contributed by atoms with Crippen LogP contribution >= 0.6 is 0 Å². The zero-order valence-electron chi connectivity index (χ0n) is 15.0. The first-order chi connectivity index (χ1) is 13.0. The summed E-state index contributed by atoms with van der Waals surface area (Å²) in [5.41, 5.74) is 1.99. The number of halogens is 1. The van der Waals surface area contributed by atoms with E-state index in [1.807, 2.05) is 6.07 Å². The first kappa shape index (κ1) is 17.0. The predicted octanol–water partition coefficient (Wildman–Crippen LogP) is 3.78. The third-order valence-corrected chi connectivity index (χ3v) is 4.63. The molecule has 136 valence electrons. The third kappa shape index (κ3) is 2.89. The summed E-state index contributed by atoms with van der Waals surface area (Å²) in [6.45, 7) is 0.361. The minimum absolute atomic E-state index is 0.0506. The average Bonchev–Trinajstić information content (AvgIpc) is 2.96. The van der Waals surface area contributed by atoms with Crippen LogP contribution in [0.25, 0.3) is 21.7 Å². The summed E-state index contributed by atoms with van der Waals surface area (Å²) < 4.78 is 14.8. The minimum atomic E-state index is -0.308. The summed E-state index contributed by atoms with van der Waals surface area (Å²) in [7, 11) is 3.39. The third-order valence-electron chi connectivity index (χ3n) is 4.63. The highest BCUT2D eigenvalue weighted by atomic mass is 19.1. The Bertz CT molecular complexity index is 1160. The van der Waals surface area contributed by atoms with Crippen molar-refractivity contribution in [3.8, 4) is 5.88 Å². The molecule has 4 aromatic rings. The van der Waals surface area contributed by atoms with E-state index in [0.29, 0.717) is 28.4 Å². The van der Waals surface area contributed by atoms with Gasteiger partial charge in [-0.15, -0.1) is 0 Å². The van der Waals surface area contributed by atoms with E-state index in [2.05, 4.69) is 4.98 Å². The van der Waals surface area contributed by atoms with E-state index >= 15 is 0 Å². The van der Waals surface area contributed by atoms with Crippen LogP contribution in [0.3, 0.4) is 0 Å². The van der Waals surface area contributed by atoms with Gasteiger partial charge in [0.2, 0.25) is 0 Å². The molecule has 0 aliphatic carbocycles. The first-order valence-corrected chi connectivity index (χ1v) is 8.51. The molecule has 27 heavy (non-hydrogen) atoms. The van der Waals surface area contributed by atoms with Crippen molar-refractivity contribution < 1.29 is 14.3 Å². The fourth-order valence-electron chi connectivity index (χ4n) is 3.29. The lowest BCUT2D eigenvalue weighted by molar-refractivity contribution is 0.0831. The summed E-state index contributed by atoms with van der Waals surface area (Å²) >= 11 is 0. The van der Waals surface area contributed by atoms with Crippen molar-refractivity contribution in [1.82, 2.24) is 14.5 Å². The monoisotopic (exact) mass is 363 g/mol. The maximum atomic E-state index is 13.1. The Hall–Kier alpha value is -3.41. The van der Waals surface area contributed by atoms with Gasteiger partial charge in [0.15, 0.2) is 5.88 Å². The van der Waals surface area contributed by atoms with Crippen LogP contribution in [0.4, 0.5) is 4.39 Å². The number of fused-ring (bicyclic) bond motifs is 2. The fraction of sp³-hybridized carbons (Fsp3) is 0.143. The van der Waals surface area contributed by atoms with E-state index < -0.39 is 0 Å². The normalized spacial score (nSPS) is 11.2. The molecule has 0 bridgehead atoms. The lowest BCUT2D eigenvalue weighted by atomic mass is 10.0. The number of carbonyl (C=O) groups is 1. The van der Waals surface area contributed by atoms with Gasteiger partial charge in [0.05, 0.1) is 17.6 Å². The second kappa shape index (κ2) is 6.39. The average molecular weight is 363 g/mol. The summed E-state index contributed by atoms with van der Waals surface area (Å²) in [6.07, 6.45) is 3.42. The Labute approximate surface area is 155 Å². The van der Waals surface area contributed by atoms with Gasteiger partial charge in [-0.25, -0.2) is 4.39 Å². The molecule has 1 amide bonds. The number of carbonyl (C=O) groups excluding carboxylic acids is 1. The zero-order chi connectivity index (χ0) is 19.1. The molecular weight excluding hydrogens is 345 g/mol. The summed E-state index contributed by atoms with van der Waals surface area (Å²) in [4.78, 5) is 18.7. The smallest absolute Gasteiger partial charge is 0.254 e. The Kier molecular flexibility index (Phi) is 4.03. The molecule has 0 spiro atoms. The van der Waals surface area contributed by atoms with E-state index in [4.69, 9.17) is 0 Å². The van der Waals surface area contributed by atoms with Gasteiger partial charge in [0, 0.05) is 42.6 Å². The van der Waals surface area contributed by atoms with E-state index in [9.17, 15) is 14.3 Å². The maximum Gasteiger partial charge on any atom is 0.254 e. The largest absolute Gasteiger partial charge is 0.494 e. The van der Waals surface area contributed by atoms with E-state index in [0.717, 1.165) is 10.9 Å². The van der Waals surface area contributed by atoms with Crippen molar-refractivity contribution in [2.24, 2.45) is 0 Å². The van der Waals surface area contributed by atoms with Crippen molar-refractivity contribution in [2.75, 3.05) is 14.1 Å². The summed E-state index contributed by atoms with van der Waals surface area (Å²) in [5.74, 6) is -0.413. The summed E-state index contributed by atoms with van der Waals surface area (Å²) in [5, 5.41) is 12.7. The Morgan fingerprint density at radius 1 is 1.15 bits per heavy atom. The molecule has 5 nitrogen and oxygen atoms in total. The number of pyridine rings is 1. The molecular formula is C21H18FN3O2. The molecule has 6 heteroatoms. The quantitative estimate of drug-likeness (QED) is 0.603. The number of nitrogens with zero attached hydrogens (tertiary/aromatic N) is 3. The second-order valence-corrected chi connectivity index (χ2v) is 6.69. The van der Waals surface area contributed by atoms with E-state index in [1.165, 1.54) is 17.0 Å². The van der Waals surface area contributed by atoms with Crippen LogP contribution in [-0.2, 0) is 6.54 Å². The number of hydrogen-bond acceptors (Lipinski definition) is 3. The molecule has 2 heterocycles. The number of aromatic hydroxyl groups is 1. The number of hydrogen-bond donors (Lipinski definition) is 1. The molecule has 2 aromatic carbocycles. The van der Waals surface area contributed by atoms with Crippen LogP contribution in [0.2, 0.25) is 0 Å². The van der Waals surface area contributed by atoms with Crippen molar-refractivity contribution in [3.63, 3.8) is 0 Å². The molecule has 0 saturated heterocycles. The number of benzene rings is 2. The molecule has 1 N–H and O–H groups in total.